The summed E-state index contributed by atoms with van der Waals surface area (Å²) in [6.45, 7) is 2.92. The number of ether oxygens (including phenoxy) is 1. The van der Waals surface area contributed by atoms with Crippen molar-refractivity contribution in [2.24, 2.45) is 5.92 Å². The molecule has 3 rings (SSSR count). The molecule has 1 aromatic heterocycles. The summed E-state index contributed by atoms with van der Waals surface area (Å²) in [7, 11) is 0. The molecule has 0 bridgehead atoms. The quantitative estimate of drug-likeness (QED) is 0.846. The maximum atomic E-state index is 5.77. The third-order valence-electron chi connectivity index (χ3n) is 3.23. The molecule has 1 saturated carbocycles. The van der Waals surface area contributed by atoms with Crippen molar-refractivity contribution in [2.45, 2.75) is 25.3 Å². The molecule has 2 nitrogen and oxygen atoms in total. The molecule has 0 amide bonds. The highest BCUT2D eigenvalue weighted by molar-refractivity contribution is 7.10. The third kappa shape index (κ3) is 2.25. The maximum absolute atomic E-state index is 5.77. The Balaban J connectivity index is 1.57. The summed E-state index contributed by atoms with van der Waals surface area (Å²) < 4.78 is 5.77. The lowest BCUT2D eigenvalue weighted by molar-refractivity contribution is 0.101. The predicted octanol–water partition coefficient (Wildman–Crippen LogP) is 2.36. The summed E-state index contributed by atoms with van der Waals surface area (Å²) >= 11 is 1.89. The van der Waals surface area contributed by atoms with Crippen LogP contribution >= 0.6 is 11.3 Å². The molecular weight excluding hydrogens is 206 g/mol. The Morgan fingerprint density at radius 3 is 3.20 bits per heavy atom. The fourth-order valence-electron chi connectivity index (χ4n) is 2.12. The average Bonchev–Trinajstić information content (AvgIpc) is 2.95. The average molecular weight is 223 g/mol. The molecule has 2 aliphatic rings. The van der Waals surface area contributed by atoms with E-state index in [1.807, 2.05) is 11.3 Å². The fraction of sp³-hybridized carbons (Fsp3) is 0.667. The Morgan fingerprint density at radius 1 is 1.40 bits per heavy atom. The molecule has 0 spiro atoms. The molecular formula is C12H17NOS. The highest BCUT2D eigenvalue weighted by Crippen LogP contribution is 2.30. The molecule has 1 aliphatic heterocycles. The smallest absolute Gasteiger partial charge is 0.0662 e. The minimum absolute atomic E-state index is 0.443. The summed E-state index contributed by atoms with van der Waals surface area (Å²) in [5.74, 6) is 0.871. The van der Waals surface area contributed by atoms with E-state index in [0.717, 1.165) is 25.7 Å². The zero-order valence-electron chi connectivity index (χ0n) is 8.87. The number of hydrogen-bond donors (Lipinski definition) is 1. The van der Waals surface area contributed by atoms with Crippen molar-refractivity contribution in [1.82, 2.24) is 5.32 Å². The van der Waals surface area contributed by atoms with Gasteiger partial charge in [-0.05, 0) is 42.2 Å². The van der Waals surface area contributed by atoms with Gasteiger partial charge in [-0.25, -0.2) is 0 Å². The van der Waals surface area contributed by atoms with Crippen molar-refractivity contribution in [1.29, 1.82) is 0 Å². The van der Waals surface area contributed by atoms with Crippen LogP contribution in [0.3, 0.4) is 0 Å². The maximum Gasteiger partial charge on any atom is 0.0662 e. The molecule has 1 atom stereocenters. The van der Waals surface area contributed by atoms with E-state index in [9.17, 15) is 0 Å². The first-order valence-corrected chi connectivity index (χ1v) is 6.69. The van der Waals surface area contributed by atoms with Gasteiger partial charge in [-0.15, -0.1) is 11.3 Å². The second-order valence-corrected chi connectivity index (χ2v) is 5.54. The first kappa shape index (κ1) is 9.82. The summed E-state index contributed by atoms with van der Waals surface area (Å²) in [4.78, 5) is 1.55. The summed E-state index contributed by atoms with van der Waals surface area (Å²) in [6.07, 6.45) is 3.94. The number of fused-ring (bicyclic) bond motifs is 1. The molecule has 15 heavy (non-hydrogen) atoms. The Morgan fingerprint density at radius 2 is 2.33 bits per heavy atom. The largest absolute Gasteiger partial charge is 0.379 e. The number of nitrogens with one attached hydrogen (secondary N) is 1. The second-order valence-electron chi connectivity index (χ2n) is 4.54. The standard InChI is InChI=1S/C12H17NOS/c1-2-9(1)7-14-8-11-10-4-6-15-12(10)3-5-13-11/h4,6,9,11,13H,1-3,5,7-8H2. The molecule has 1 aromatic rings. The molecule has 82 valence electrons. The van der Waals surface area contributed by atoms with Crippen molar-refractivity contribution >= 4 is 11.3 Å². The van der Waals surface area contributed by atoms with E-state index in [-0.39, 0.29) is 0 Å². The number of hydrogen-bond acceptors (Lipinski definition) is 3. The van der Waals surface area contributed by atoms with Gasteiger partial charge in [-0.1, -0.05) is 0 Å². The first-order valence-electron chi connectivity index (χ1n) is 5.81. The van der Waals surface area contributed by atoms with Crippen molar-refractivity contribution in [3.63, 3.8) is 0 Å². The van der Waals surface area contributed by atoms with Gasteiger partial charge in [-0.2, -0.15) is 0 Å². The molecule has 1 N–H and O–H groups in total. The van der Waals surface area contributed by atoms with Crippen molar-refractivity contribution in [3.05, 3.63) is 21.9 Å². The number of thiophene rings is 1. The van der Waals surface area contributed by atoms with Crippen LogP contribution < -0.4 is 5.32 Å². The minimum Gasteiger partial charge on any atom is -0.379 e. The fourth-order valence-corrected chi connectivity index (χ4v) is 3.07. The first-order chi connectivity index (χ1) is 7.43. The van der Waals surface area contributed by atoms with Gasteiger partial charge < -0.3 is 10.1 Å². The molecule has 1 aliphatic carbocycles. The van der Waals surface area contributed by atoms with Gasteiger partial charge >= 0.3 is 0 Å². The van der Waals surface area contributed by atoms with Crippen LogP contribution in [0, 0.1) is 5.92 Å². The summed E-state index contributed by atoms with van der Waals surface area (Å²) in [5.41, 5.74) is 1.47. The minimum atomic E-state index is 0.443. The number of rotatable bonds is 4. The van der Waals surface area contributed by atoms with Crippen molar-refractivity contribution in [3.8, 4) is 0 Å². The van der Waals surface area contributed by atoms with E-state index in [4.69, 9.17) is 4.74 Å². The second kappa shape index (κ2) is 4.24. The lowest BCUT2D eigenvalue weighted by Crippen LogP contribution is -2.32. The van der Waals surface area contributed by atoms with E-state index in [2.05, 4.69) is 16.8 Å². The zero-order valence-corrected chi connectivity index (χ0v) is 9.69. The highest BCUT2D eigenvalue weighted by atomic mass is 32.1. The van der Waals surface area contributed by atoms with Crippen LogP contribution in [0.2, 0.25) is 0 Å². The zero-order chi connectivity index (χ0) is 10.1. The highest BCUT2D eigenvalue weighted by Gasteiger charge is 2.24. The van der Waals surface area contributed by atoms with Crippen molar-refractivity contribution in [2.75, 3.05) is 19.8 Å². The SMILES string of the molecule is c1cc2c(s1)CCNC2COCC1CC1. The molecule has 2 heterocycles. The van der Waals surface area contributed by atoms with Gasteiger partial charge in [0.2, 0.25) is 0 Å². The van der Waals surface area contributed by atoms with E-state index < -0.39 is 0 Å². The van der Waals surface area contributed by atoms with Crippen LogP contribution in [0.1, 0.15) is 29.3 Å². The van der Waals surface area contributed by atoms with Crippen LogP contribution in [0.15, 0.2) is 11.4 Å². The monoisotopic (exact) mass is 223 g/mol. The Kier molecular flexibility index (Phi) is 2.77. The van der Waals surface area contributed by atoms with Gasteiger partial charge in [0.15, 0.2) is 0 Å². The lowest BCUT2D eigenvalue weighted by atomic mass is 10.0. The van der Waals surface area contributed by atoms with Gasteiger partial charge in [0.25, 0.3) is 0 Å². The van der Waals surface area contributed by atoms with Gasteiger partial charge in [-0.3, -0.25) is 0 Å². The third-order valence-corrected chi connectivity index (χ3v) is 4.23. The molecule has 0 radical (unpaired) electrons. The molecule has 0 aromatic carbocycles. The van der Waals surface area contributed by atoms with Crippen LogP contribution in [0.5, 0.6) is 0 Å². The van der Waals surface area contributed by atoms with E-state index in [1.54, 1.807) is 4.88 Å². The predicted molar refractivity (Wildman–Crippen MR) is 62.3 cm³/mol. The van der Waals surface area contributed by atoms with E-state index >= 15 is 0 Å². The molecule has 1 unspecified atom stereocenters. The summed E-state index contributed by atoms with van der Waals surface area (Å²) in [5, 5.41) is 5.74. The van der Waals surface area contributed by atoms with Crippen LogP contribution in [-0.4, -0.2) is 19.8 Å². The summed E-state index contributed by atoms with van der Waals surface area (Å²) in [6, 6.07) is 2.69. The normalized spacial score (nSPS) is 25.2. The lowest BCUT2D eigenvalue weighted by Gasteiger charge is -2.24. The van der Waals surface area contributed by atoms with Crippen LogP contribution in [0.4, 0.5) is 0 Å². The molecule has 3 heteroatoms. The van der Waals surface area contributed by atoms with Crippen LogP contribution in [-0.2, 0) is 11.2 Å². The Bertz CT molecular complexity index is 332. The van der Waals surface area contributed by atoms with Gasteiger partial charge in [0.1, 0.15) is 0 Å². The molecule has 0 saturated heterocycles. The van der Waals surface area contributed by atoms with E-state index in [1.165, 1.54) is 24.8 Å². The topological polar surface area (TPSA) is 21.3 Å². The Hall–Kier alpha value is -0.380. The van der Waals surface area contributed by atoms with Crippen molar-refractivity contribution < 1.29 is 4.74 Å². The van der Waals surface area contributed by atoms with Gasteiger partial charge in [0, 0.05) is 18.0 Å². The Labute approximate surface area is 94.6 Å². The van der Waals surface area contributed by atoms with Crippen LogP contribution in [0.25, 0.3) is 0 Å². The molecule has 1 fully saturated rings. The van der Waals surface area contributed by atoms with Gasteiger partial charge in [0.05, 0.1) is 12.6 Å². The van der Waals surface area contributed by atoms with E-state index in [0.29, 0.717) is 6.04 Å².